The van der Waals surface area contributed by atoms with Gasteiger partial charge in [-0.05, 0) is 25.8 Å². The molecule has 1 aliphatic heterocycles. The number of aromatic amines is 1. The second-order valence-corrected chi connectivity index (χ2v) is 6.39. The van der Waals surface area contributed by atoms with E-state index in [0.29, 0.717) is 18.7 Å². The van der Waals surface area contributed by atoms with E-state index in [-0.39, 0.29) is 16.6 Å². The van der Waals surface area contributed by atoms with Crippen molar-refractivity contribution in [2.45, 2.75) is 31.6 Å². The van der Waals surface area contributed by atoms with Gasteiger partial charge in [0.1, 0.15) is 5.15 Å². The van der Waals surface area contributed by atoms with E-state index in [0.717, 1.165) is 38.8 Å². The number of halogens is 1. The zero-order chi connectivity index (χ0) is 15.0. The number of likely N-dealkylation sites (N-methyl/N-ethyl adjacent to an activating group) is 1. The minimum atomic E-state index is -0.434. The third-order valence-corrected chi connectivity index (χ3v) is 4.89. The molecule has 1 aliphatic carbocycles. The second kappa shape index (κ2) is 5.85. The fraction of sp³-hybridized carbons (Fsp3) is 0.714. The van der Waals surface area contributed by atoms with Gasteiger partial charge in [-0.25, -0.2) is 4.79 Å². The Morgan fingerprint density at radius 1 is 1.10 bits per heavy atom. The highest BCUT2D eigenvalue weighted by Crippen LogP contribution is 2.34. The zero-order valence-corrected chi connectivity index (χ0v) is 13.0. The molecule has 1 aromatic heterocycles. The van der Waals surface area contributed by atoms with E-state index in [2.05, 4.69) is 9.88 Å². The summed E-state index contributed by atoms with van der Waals surface area (Å²) in [6.45, 7) is 3.02. The summed E-state index contributed by atoms with van der Waals surface area (Å²) in [5.41, 5.74) is -0.0794. The molecule has 0 aromatic carbocycles. The lowest BCUT2D eigenvalue weighted by Crippen LogP contribution is -2.58. The Labute approximate surface area is 128 Å². The molecule has 0 unspecified atom stereocenters. The minimum Gasteiger partial charge on any atom is -0.303 e. The minimum absolute atomic E-state index is 0.181. The molecular formula is C14H21ClN4O2. The third-order valence-electron chi connectivity index (χ3n) is 4.59. The fourth-order valence-electron chi connectivity index (χ4n) is 3.34. The maximum absolute atomic E-state index is 12.8. The number of piperazine rings is 1. The number of H-pyrrole nitrogens is 1. The Bertz CT molecular complexity index is 625. The SMILES string of the molecule is CN1CCN(n2c(=O)[nH]c(Cl)c(C3CCCC3)c2=O)CC1. The summed E-state index contributed by atoms with van der Waals surface area (Å²) in [7, 11) is 2.04. The molecule has 3 rings (SSSR count). The molecule has 6 nitrogen and oxygen atoms in total. The largest absolute Gasteiger partial charge is 0.348 e. The molecule has 2 fully saturated rings. The van der Waals surface area contributed by atoms with Crippen molar-refractivity contribution < 1.29 is 0 Å². The van der Waals surface area contributed by atoms with Crippen LogP contribution in [-0.2, 0) is 0 Å². The van der Waals surface area contributed by atoms with E-state index < -0.39 is 5.69 Å². The van der Waals surface area contributed by atoms with E-state index in [4.69, 9.17) is 11.6 Å². The average Bonchev–Trinajstić information content (AvgIpc) is 2.94. The lowest BCUT2D eigenvalue weighted by atomic mass is 10.0. The highest BCUT2D eigenvalue weighted by Gasteiger charge is 2.27. The maximum atomic E-state index is 12.8. The van der Waals surface area contributed by atoms with Crippen molar-refractivity contribution in [3.63, 3.8) is 0 Å². The Kier molecular flexibility index (Phi) is 4.08. The zero-order valence-electron chi connectivity index (χ0n) is 12.3. The topological polar surface area (TPSA) is 61.3 Å². The van der Waals surface area contributed by atoms with Gasteiger partial charge in [0.05, 0.1) is 5.56 Å². The van der Waals surface area contributed by atoms with Crippen molar-refractivity contribution in [2.75, 3.05) is 38.2 Å². The summed E-state index contributed by atoms with van der Waals surface area (Å²) < 4.78 is 1.26. The Hall–Kier alpha value is -1.27. The first kappa shape index (κ1) is 14.7. The Morgan fingerprint density at radius 3 is 2.33 bits per heavy atom. The number of hydrogen-bond donors (Lipinski definition) is 1. The van der Waals surface area contributed by atoms with Crippen molar-refractivity contribution in [1.29, 1.82) is 0 Å². The van der Waals surface area contributed by atoms with E-state index in [1.165, 1.54) is 4.68 Å². The number of aromatic nitrogens is 2. The molecule has 0 bridgehead atoms. The molecule has 0 atom stereocenters. The van der Waals surface area contributed by atoms with E-state index in [1.807, 2.05) is 12.1 Å². The Morgan fingerprint density at radius 2 is 1.71 bits per heavy atom. The first-order valence-electron chi connectivity index (χ1n) is 7.56. The number of hydrogen-bond acceptors (Lipinski definition) is 4. The van der Waals surface area contributed by atoms with Crippen LogP contribution in [0.1, 0.15) is 37.2 Å². The summed E-state index contributed by atoms with van der Waals surface area (Å²) in [5.74, 6) is 0.181. The van der Waals surface area contributed by atoms with Crippen molar-refractivity contribution in [2.24, 2.45) is 0 Å². The highest BCUT2D eigenvalue weighted by atomic mass is 35.5. The van der Waals surface area contributed by atoms with Crippen LogP contribution in [-0.4, -0.2) is 47.8 Å². The molecule has 0 spiro atoms. The van der Waals surface area contributed by atoms with Crippen LogP contribution in [0.4, 0.5) is 0 Å². The third kappa shape index (κ3) is 2.74. The maximum Gasteiger partial charge on any atom is 0.348 e. The summed E-state index contributed by atoms with van der Waals surface area (Å²) in [6.07, 6.45) is 4.19. The lowest BCUT2D eigenvalue weighted by molar-refractivity contribution is 0.282. The van der Waals surface area contributed by atoms with Gasteiger partial charge in [0.2, 0.25) is 0 Å². The first-order valence-corrected chi connectivity index (χ1v) is 7.94. The average molecular weight is 313 g/mol. The molecule has 0 radical (unpaired) electrons. The monoisotopic (exact) mass is 312 g/mol. The van der Waals surface area contributed by atoms with Crippen molar-refractivity contribution in [3.05, 3.63) is 31.6 Å². The molecule has 1 N–H and O–H groups in total. The number of nitrogens with one attached hydrogen (secondary N) is 1. The van der Waals surface area contributed by atoms with Crippen molar-refractivity contribution in [1.82, 2.24) is 14.6 Å². The highest BCUT2D eigenvalue weighted by molar-refractivity contribution is 6.30. The molecule has 2 heterocycles. The van der Waals surface area contributed by atoms with E-state index >= 15 is 0 Å². The Balaban J connectivity index is 2.02. The van der Waals surface area contributed by atoms with Crippen LogP contribution in [0.5, 0.6) is 0 Å². The molecule has 1 aromatic rings. The second-order valence-electron chi connectivity index (χ2n) is 6.01. The molecule has 7 heteroatoms. The van der Waals surface area contributed by atoms with Gasteiger partial charge in [-0.15, -0.1) is 0 Å². The van der Waals surface area contributed by atoms with Crippen LogP contribution < -0.4 is 16.3 Å². The standard InChI is InChI=1S/C14H21ClN4O2/c1-17-6-8-18(9-7-17)19-13(20)11(10-4-2-3-5-10)12(15)16-14(19)21/h10H,2-9H2,1H3,(H,16,21). The van der Waals surface area contributed by atoms with Crippen LogP contribution in [0.3, 0.4) is 0 Å². The molecule has 21 heavy (non-hydrogen) atoms. The van der Waals surface area contributed by atoms with Gasteiger partial charge in [-0.3, -0.25) is 9.78 Å². The summed E-state index contributed by atoms with van der Waals surface area (Å²) in [5, 5.41) is 2.05. The van der Waals surface area contributed by atoms with Gasteiger partial charge >= 0.3 is 5.69 Å². The van der Waals surface area contributed by atoms with Crippen molar-refractivity contribution >= 4 is 11.6 Å². The molecule has 2 aliphatic rings. The number of rotatable bonds is 2. The lowest BCUT2D eigenvalue weighted by Gasteiger charge is -2.34. The fourth-order valence-corrected chi connectivity index (χ4v) is 3.65. The van der Waals surface area contributed by atoms with Crippen LogP contribution in [0.2, 0.25) is 5.15 Å². The molecular weight excluding hydrogens is 292 g/mol. The summed E-state index contributed by atoms with van der Waals surface area (Å²) >= 11 is 6.15. The normalized spacial score (nSPS) is 21.1. The first-order chi connectivity index (χ1) is 10.1. The predicted octanol–water partition coefficient (Wildman–Crippen LogP) is 0.731. The van der Waals surface area contributed by atoms with Crippen LogP contribution >= 0.6 is 11.6 Å². The molecule has 1 saturated carbocycles. The van der Waals surface area contributed by atoms with Gasteiger partial charge in [0.15, 0.2) is 0 Å². The summed E-state index contributed by atoms with van der Waals surface area (Å²) in [4.78, 5) is 29.8. The quantitative estimate of drug-likeness (QED) is 0.818. The summed E-state index contributed by atoms with van der Waals surface area (Å²) in [6, 6.07) is 0. The predicted molar refractivity (Wildman–Crippen MR) is 83.0 cm³/mol. The van der Waals surface area contributed by atoms with Crippen molar-refractivity contribution in [3.8, 4) is 0 Å². The molecule has 116 valence electrons. The van der Waals surface area contributed by atoms with Gasteiger partial charge in [0, 0.05) is 26.2 Å². The van der Waals surface area contributed by atoms with Gasteiger partial charge in [-0.2, -0.15) is 4.68 Å². The van der Waals surface area contributed by atoms with Crippen LogP contribution in [0.15, 0.2) is 9.59 Å². The van der Waals surface area contributed by atoms with Gasteiger partial charge in [0.25, 0.3) is 5.56 Å². The van der Waals surface area contributed by atoms with Gasteiger partial charge < -0.3 is 9.91 Å². The van der Waals surface area contributed by atoms with Crippen LogP contribution in [0.25, 0.3) is 0 Å². The smallest absolute Gasteiger partial charge is 0.303 e. The van der Waals surface area contributed by atoms with Gasteiger partial charge in [-0.1, -0.05) is 24.4 Å². The molecule has 1 saturated heterocycles. The van der Waals surface area contributed by atoms with Crippen LogP contribution in [0, 0.1) is 0 Å². The molecule has 0 amide bonds. The van der Waals surface area contributed by atoms with E-state index in [1.54, 1.807) is 0 Å². The number of nitrogens with zero attached hydrogens (tertiary/aromatic N) is 3. The van der Waals surface area contributed by atoms with E-state index in [9.17, 15) is 9.59 Å².